The predicted octanol–water partition coefficient (Wildman–Crippen LogP) is 1.53. The Hall–Kier alpha value is -0.960. The molecule has 0 radical (unpaired) electrons. The van der Waals surface area contributed by atoms with Gasteiger partial charge in [0.25, 0.3) is 0 Å². The molecule has 1 aromatic heterocycles. The quantitative estimate of drug-likeness (QED) is 0.835. The summed E-state index contributed by atoms with van der Waals surface area (Å²) >= 11 is 1.66. The second kappa shape index (κ2) is 7.74. The monoisotopic (exact) mass is 360 g/mol. The summed E-state index contributed by atoms with van der Waals surface area (Å²) in [5, 5.41) is 2.94. The van der Waals surface area contributed by atoms with Crippen LogP contribution in [-0.4, -0.2) is 51.6 Å². The lowest BCUT2D eigenvalue weighted by Crippen LogP contribution is -2.43. The first-order valence-electron chi connectivity index (χ1n) is 7.63. The van der Waals surface area contributed by atoms with Crippen LogP contribution in [0, 0.1) is 12.8 Å². The Labute approximate surface area is 141 Å². The number of carbonyl (C=O) groups excluding carboxylic acids is 1. The topological polar surface area (TPSA) is 75.7 Å². The van der Waals surface area contributed by atoms with Crippen LogP contribution in [0.3, 0.4) is 0 Å². The maximum atomic E-state index is 12.3. The zero-order valence-electron chi connectivity index (χ0n) is 13.7. The number of sulfonamides is 1. The van der Waals surface area contributed by atoms with E-state index in [0.717, 1.165) is 4.88 Å². The minimum Gasteiger partial charge on any atom is -0.374 e. The molecule has 0 saturated carbocycles. The van der Waals surface area contributed by atoms with Crippen molar-refractivity contribution < 1.29 is 17.9 Å². The molecular formula is C15H24N2O4S2. The molecule has 0 aliphatic carbocycles. The Morgan fingerprint density at radius 3 is 2.57 bits per heavy atom. The number of aryl methyl sites for hydroxylation is 1. The third kappa shape index (κ3) is 5.00. The van der Waals surface area contributed by atoms with Crippen molar-refractivity contribution in [1.82, 2.24) is 9.62 Å². The lowest BCUT2D eigenvalue weighted by Gasteiger charge is -2.29. The molecule has 1 aliphatic heterocycles. The summed E-state index contributed by atoms with van der Waals surface area (Å²) in [6, 6.07) is 4.06. The number of methoxy groups -OCH3 is 1. The van der Waals surface area contributed by atoms with Gasteiger partial charge in [0.1, 0.15) is 6.10 Å². The second-order valence-electron chi connectivity index (χ2n) is 5.85. The molecule has 6 nitrogen and oxygen atoms in total. The molecule has 1 amide bonds. The molecule has 0 unspecified atom stereocenters. The van der Waals surface area contributed by atoms with E-state index in [4.69, 9.17) is 4.74 Å². The molecule has 1 fully saturated rings. The van der Waals surface area contributed by atoms with Gasteiger partial charge in [-0.1, -0.05) is 0 Å². The fourth-order valence-corrected chi connectivity index (χ4v) is 4.54. The van der Waals surface area contributed by atoms with E-state index in [0.29, 0.717) is 32.5 Å². The van der Waals surface area contributed by atoms with E-state index in [2.05, 4.69) is 5.32 Å². The molecule has 0 aromatic carbocycles. The Kier molecular flexibility index (Phi) is 6.19. The summed E-state index contributed by atoms with van der Waals surface area (Å²) in [7, 11) is -1.52. The summed E-state index contributed by atoms with van der Waals surface area (Å²) in [4.78, 5) is 14.6. The van der Waals surface area contributed by atoms with Crippen LogP contribution in [0.25, 0.3) is 0 Å². The summed E-state index contributed by atoms with van der Waals surface area (Å²) in [5.74, 6) is -0.149. The summed E-state index contributed by atoms with van der Waals surface area (Å²) in [6.45, 7) is 3.29. The van der Waals surface area contributed by atoms with E-state index < -0.39 is 10.0 Å². The fraction of sp³-hybridized carbons (Fsp3) is 0.667. The van der Waals surface area contributed by atoms with Gasteiger partial charge in [0, 0.05) is 42.4 Å². The summed E-state index contributed by atoms with van der Waals surface area (Å²) in [6.07, 6.45) is 2.19. The normalized spacial score (nSPS) is 18.7. The van der Waals surface area contributed by atoms with Crippen LogP contribution in [0.4, 0.5) is 0 Å². The number of amides is 1. The van der Waals surface area contributed by atoms with Crippen molar-refractivity contribution in [3.05, 3.63) is 21.9 Å². The van der Waals surface area contributed by atoms with Crippen molar-refractivity contribution in [2.45, 2.75) is 25.9 Å². The van der Waals surface area contributed by atoms with Gasteiger partial charge in [0.2, 0.25) is 15.9 Å². The maximum absolute atomic E-state index is 12.3. The zero-order valence-corrected chi connectivity index (χ0v) is 15.4. The van der Waals surface area contributed by atoms with Crippen LogP contribution in [0.2, 0.25) is 0 Å². The number of hydrogen-bond acceptors (Lipinski definition) is 5. The summed E-state index contributed by atoms with van der Waals surface area (Å²) in [5.41, 5.74) is 0. The van der Waals surface area contributed by atoms with Gasteiger partial charge in [-0.15, -0.1) is 11.3 Å². The van der Waals surface area contributed by atoms with Crippen molar-refractivity contribution in [3.63, 3.8) is 0 Å². The number of piperidine rings is 1. The molecule has 0 spiro atoms. The Morgan fingerprint density at radius 1 is 1.43 bits per heavy atom. The smallest absolute Gasteiger partial charge is 0.223 e. The van der Waals surface area contributed by atoms with Gasteiger partial charge in [-0.25, -0.2) is 12.7 Å². The number of ether oxygens (including phenoxy) is 1. The number of thiophene rings is 1. The molecule has 1 atom stereocenters. The molecule has 23 heavy (non-hydrogen) atoms. The minimum absolute atomic E-state index is 0.0199. The van der Waals surface area contributed by atoms with E-state index in [1.54, 1.807) is 18.4 Å². The van der Waals surface area contributed by atoms with Gasteiger partial charge in [0.05, 0.1) is 6.26 Å². The number of nitrogens with zero attached hydrogens (tertiary/aromatic N) is 1. The molecular weight excluding hydrogens is 336 g/mol. The van der Waals surface area contributed by atoms with Crippen molar-refractivity contribution in [2.75, 3.05) is 33.0 Å². The molecule has 2 rings (SSSR count). The van der Waals surface area contributed by atoms with Gasteiger partial charge < -0.3 is 10.1 Å². The third-order valence-corrected chi connectivity index (χ3v) is 6.51. The Morgan fingerprint density at radius 2 is 2.09 bits per heavy atom. The molecule has 130 valence electrons. The Bertz CT molecular complexity index is 634. The highest BCUT2D eigenvalue weighted by Crippen LogP contribution is 2.25. The van der Waals surface area contributed by atoms with E-state index in [-0.39, 0.29) is 17.9 Å². The standard InChI is InChI=1S/C15H24N2O4S2/c1-11-4-5-14(22-11)13(21-2)10-16-15(18)12-6-8-17(9-7-12)23(3,19)20/h4-5,12-13H,6-10H2,1-3H3,(H,16,18)/t13-/m0/s1. The van der Waals surface area contributed by atoms with Gasteiger partial charge >= 0.3 is 0 Å². The van der Waals surface area contributed by atoms with Crippen molar-refractivity contribution in [2.24, 2.45) is 5.92 Å². The van der Waals surface area contributed by atoms with E-state index >= 15 is 0 Å². The minimum atomic E-state index is -3.16. The first-order chi connectivity index (χ1) is 10.8. The largest absolute Gasteiger partial charge is 0.374 e. The van der Waals surface area contributed by atoms with Crippen LogP contribution in [0.1, 0.15) is 28.7 Å². The molecule has 0 bridgehead atoms. The average molecular weight is 361 g/mol. The highest BCUT2D eigenvalue weighted by atomic mass is 32.2. The van der Waals surface area contributed by atoms with Crippen LogP contribution in [0.15, 0.2) is 12.1 Å². The van der Waals surface area contributed by atoms with E-state index in [1.165, 1.54) is 15.4 Å². The average Bonchev–Trinajstić information content (AvgIpc) is 2.93. The van der Waals surface area contributed by atoms with E-state index in [1.807, 2.05) is 19.1 Å². The Balaban J connectivity index is 1.83. The van der Waals surface area contributed by atoms with Gasteiger partial charge in [-0.2, -0.15) is 0 Å². The molecule has 2 heterocycles. The molecule has 1 saturated heterocycles. The molecule has 1 aliphatic rings. The number of carbonyl (C=O) groups is 1. The fourth-order valence-electron chi connectivity index (χ4n) is 2.71. The van der Waals surface area contributed by atoms with Crippen molar-refractivity contribution >= 4 is 27.3 Å². The number of rotatable bonds is 6. The number of hydrogen-bond donors (Lipinski definition) is 1. The maximum Gasteiger partial charge on any atom is 0.223 e. The zero-order chi connectivity index (χ0) is 17.0. The highest BCUT2D eigenvalue weighted by molar-refractivity contribution is 7.88. The molecule has 1 N–H and O–H groups in total. The van der Waals surface area contributed by atoms with Crippen LogP contribution in [0.5, 0.6) is 0 Å². The number of nitrogens with one attached hydrogen (secondary N) is 1. The molecule has 1 aromatic rings. The second-order valence-corrected chi connectivity index (χ2v) is 9.16. The predicted molar refractivity (Wildman–Crippen MR) is 91.0 cm³/mol. The summed E-state index contributed by atoms with van der Waals surface area (Å²) < 4.78 is 29.9. The molecule has 8 heteroatoms. The highest BCUT2D eigenvalue weighted by Gasteiger charge is 2.29. The van der Waals surface area contributed by atoms with Crippen molar-refractivity contribution in [3.8, 4) is 0 Å². The van der Waals surface area contributed by atoms with Gasteiger partial charge in [-0.05, 0) is 31.9 Å². The van der Waals surface area contributed by atoms with E-state index in [9.17, 15) is 13.2 Å². The first kappa shape index (κ1) is 18.4. The third-order valence-electron chi connectivity index (χ3n) is 4.12. The van der Waals surface area contributed by atoms with Crippen LogP contribution in [-0.2, 0) is 19.6 Å². The van der Waals surface area contributed by atoms with Crippen LogP contribution < -0.4 is 5.32 Å². The lowest BCUT2D eigenvalue weighted by molar-refractivity contribution is -0.126. The first-order valence-corrected chi connectivity index (χ1v) is 10.3. The lowest BCUT2D eigenvalue weighted by atomic mass is 9.97. The van der Waals surface area contributed by atoms with Gasteiger partial charge in [0.15, 0.2) is 0 Å². The van der Waals surface area contributed by atoms with Crippen LogP contribution >= 0.6 is 11.3 Å². The van der Waals surface area contributed by atoms with Gasteiger partial charge in [-0.3, -0.25) is 4.79 Å². The van der Waals surface area contributed by atoms with Crippen molar-refractivity contribution in [1.29, 1.82) is 0 Å². The SMILES string of the molecule is CO[C@@H](CNC(=O)C1CCN(S(C)(=O)=O)CC1)c1ccc(C)s1.